The quantitative estimate of drug-likeness (QED) is 0.870. The lowest BCUT2D eigenvalue weighted by atomic mass is 9.90. The van der Waals surface area contributed by atoms with Crippen molar-refractivity contribution in [3.8, 4) is 0 Å². The molecule has 18 heavy (non-hydrogen) atoms. The maximum absolute atomic E-state index is 13.6. The Morgan fingerprint density at radius 1 is 1.00 bits per heavy atom. The van der Waals surface area contributed by atoms with Crippen molar-refractivity contribution in [2.75, 3.05) is 0 Å². The highest BCUT2D eigenvalue weighted by atomic mass is 19.1. The van der Waals surface area contributed by atoms with Gasteiger partial charge in [-0.1, -0.05) is 55.5 Å². The summed E-state index contributed by atoms with van der Waals surface area (Å²) in [5.74, 6) is 0.0499. The second-order valence-electron chi connectivity index (χ2n) is 4.71. The van der Waals surface area contributed by atoms with E-state index in [1.807, 2.05) is 42.5 Å². The summed E-state index contributed by atoms with van der Waals surface area (Å²) in [5, 5.41) is 0. The Morgan fingerprint density at radius 3 is 2.28 bits per heavy atom. The fourth-order valence-electron chi connectivity index (χ4n) is 2.14. The summed E-state index contributed by atoms with van der Waals surface area (Å²) in [6.07, 6.45) is 0.655. The maximum Gasteiger partial charge on any atom is 0.126 e. The van der Waals surface area contributed by atoms with Crippen LogP contribution < -0.4 is 5.73 Å². The first-order valence-electron chi connectivity index (χ1n) is 6.22. The molecule has 2 aromatic carbocycles. The minimum Gasteiger partial charge on any atom is -0.324 e. The first-order valence-corrected chi connectivity index (χ1v) is 6.22. The Labute approximate surface area is 107 Å². The van der Waals surface area contributed by atoms with Gasteiger partial charge < -0.3 is 5.73 Å². The van der Waals surface area contributed by atoms with Crippen molar-refractivity contribution in [1.82, 2.24) is 0 Å². The van der Waals surface area contributed by atoms with E-state index >= 15 is 0 Å². The van der Waals surface area contributed by atoms with Crippen molar-refractivity contribution in [3.63, 3.8) is 0 Å². The van der Waals surface area contributed by atoms with E-state index in [1.165, 1.54) is 6.07 Å². The molecule has 2 rings (SSSR count). The predicted molar refractivity (Wildman–Crippen MR) is 72.6 cm³/mol. The van der Waals surface area contributed by atoms with Gasteiger partial charge in [-0.2, -0.15) is 0 Å². The van der Waals surface area contributed by atoms with Crippen LogP contribution in [0.1, 0.15) is 24.1 Å². The van der Waals surface area contributed by atoms with Gasteiger partial charge >= 0.3 is 0 Å². The van der Waals surface area contributed by atoms with Crippen LogP contribution in [-0.4, -0.2) is 0 Å². The van der Waals surface area contributed by atoms with Gasteiger partial charge in [-0.3, -0.25) is 0 Å². The molecule has 0 amide bonds. The van der Waals surface area contributed by atoms with Crippen LogP contribution in [-0.2, 0) is 6.42 Å². The van der Waals surface area contributed by atoms with Gasteiger partial charge in [0.25, 0.3) is 0 Å². The first-order chi connectivity index (χ1) is 8.68. The van der Waals surface area contributed by atoms with Crippen LogP contribution in [0.5, 0.6) is 0 Å². The zero-order valence-corrected chi connectivity index (χ0v) is 10.5. The minimum absolute atomic E-state index is 0.0641. The van der Waals surface area contributed by atoms with Gasteiger partial charge in [-0.05, 0) is 29.5 Å². The zero-order chi connectivity index (χ0) is 13.0. The molecule has 0 saturated heterocycles. The van der Waals surface area contributed by atoms with Crippen LogP contribution in [0.25, 0.3) is 0 Å². The third-order valence-corrected chi connectivity index (χ3v) is 3.30. The van der Waals surface area contributed by atoms with Crippen molar-refractivity contribution in [3.05, 3.63) is 71.5 Å². The van der Waals surface area contributed by atoms with Gasteiger partial charge in [-0.15, -0.1) is 0 Å². The molecule has 1 nitrogen and oxygen atoms in total. The van der Waals surface area contributed by atoms with E-state index in [0.29, 0.717) is 6.42 Å². The lowest BCUT2D eigenvalue weighted by Crippen LogP contribution is -2.21. The van der Waals surface area contributed by atoms with Crippen molar-refractivity contribution >= 4 is 0 Å². The molecule has 0 aliphatic rings. The van der Waals surface area contributed by atoms with E-state index in [2.05, 4.69) is 6.92 Å². The maximum atomic E-state index is 13.6. The minimum atomic E-state index is -0.149. The summed E-state index contributed by atoms with van der Waals surface area (Å²) in [7, 11) is 0. The third-order valence-electron chi connectivity index (χ3n) is 3.30. The number of hydrogen-bond donors (Lipinski definition) is 1. The molecule has 2 N–H and O–H groups in total. The highest BCUT2D eigenvalue weighted by Gasteiger charge is 2.16. The molecular formula is C16H18FN. The molecule has 2 aromatic rings. The average Bonchev–Trinajstić information content (AvgIpc) is 2.41. The monoisotopic (exact) mass is 243 g/mol. The van der Waals surface area contributed by atoms with Gasteiger partial charge in [-0.25, -0.2) is 4.39 Å². The van der Waals surface area contributed by atoms with Gasteiger partial charge in [0.2, 0.25) is 0 Å². The van der Waals surface area contributed by atoms with E-state index < -0.39 is 0 Å². The number of benzene rings is 2. The van der Waals surface area contributed by atoms with Gasteiger partial charge in [0.05, 0.1) is 0 Å². The molecule has 2 atom stereocenters. The molecule has 0 aliphatic heterocycles. The molecule has 0 spiro atoms. The Morgan fingerprint density at radius 2 is 1.61 bits per heavy atom. The van der Waals surface area contributed by atoms with E-state index in [0.717, 1.165) is 11.1 Å². The van der Waals surface area contributed by atoms with E-state index in [1.54, 1.807) is 6.07 Å². The lowest BCUT2D eigenvalue weighted by Gasteiger charge is -2.20. The number of rotatable bonds is 4. The fraction of sp³-hybridized carbons (Fsp3) is 0.250. The zero-order valence-electron chi connectivity index (χ0n) is 10.5. The first kappa shape index (κ1) is 12.8. The summed E-state index contributed by atoms with van der Waals surface area (Å²) in [5.41, 5.74) is 8.05. The molecule has 0 radical (unpaired) electrons. The fourth-order valence-corrected chi connectivity index (χ4v) is 2.14. The topological polar surface area (TPSA) is 26.0 Å². The summed E-state index contributed by atoms with van der Waals surface area (Å²) < 4.78 is 13.6. The summed E-state index contributed by atoms with van der Waals surface area (Å²) in [4.78, 5) is 0. The largest absolute Gasteiger partial charge is 0.324 e. The summed E-state index contributed by atoms with van der Waals surface area (Å²) in [6, 6.07) is 16.8. The van der Waals surface area contributed by atoms with Crippen molar-refractivity contribution < 1.29 is 4.39 Å². The summed E-state index contributed by atoms with van der Waals surface area (Å²) in [6.45, 7) is 2.06. The molecule has 94 valence electrons. The van der Waals surface area contributed by atoms with E-state index in [-0.39, 0.29) is 17.8 Å². The molecular weight excluding hydrogens is 225 g/mol. The molecule has 0 fully saturated rings. The van der Waals surface area contributed by atoms with Crippen LogP contribution in [0.4, 0.5) is 4.39 Å². The second-order valence-corrected chi connectivity index (χ2v) is 4.71. The van der Waals surface area contributed by atoms with Gasteiger partial charge in [0, 0.05) is 6.04 Å². The van der Waals surface area contributed by atoms with E-state index in [4.69, 9.17) is 5.73 Å². The van der Waals surface area contributed by atoms with E-state index in [9.17, 15) is 4.39 Å². The molecule has 0 bridgehead atoms. The number of hydrogen-bond acceptors (Lipinski definition) is 1. The third kappa shape index (κ3) is 2.96. The highest BCUT2D eigenvalue weighted by molar-refractivity contribution is 5.22. The summed E-state index contributed by atoms with van der Waals surface area (Å²) >= 11 is 0. The standard InChI is InChI=1S/C16H18FN/c1-12(11-14-9-5-6-10-15(14)17)16(18)13-7-3-2-4-8-13/h2-10,12,16H,11,18H2,1H3. The smallest absolute Gasteiger partial charge is 0.126 e. The van der Waals surface area contributed by atoms with Crippen LogP contribution in [0.2, 0.25) is 0 Å². The molecule has 2 unspecified atom stereocenters. The lowest BCUT2D eigenvalue weighted by molar-refractivity contribution is 0.457. The van der Waals surface area contributed by atoms with Crippen LogP contribution in [0, 0.1) is 11.7 Å². The molecule has 0 saturated carbocycles. The normalized spacial score (nSPS) is 14.2. The Bertz CT molecular complexity index is 495. The number of halogens is 1. The molecule has 0 heterocycles. The molecule has 0 aliphatic carbocycles. The second kappa shape index (κ2) is 5.78. The van der Waals surface area contributed by atoms with Crippen LogP contribution in [0.3, 0.4) is 0 Å². The average molecular weight is 243 g/mol. The van der Waals surface area contributed by atoms with Crippen molar-refractivity contribution in [1.29, 1.82) is 0 Å². The Balaban J connectivity index is 2.09. The van der Waals surface area contributed by atoms with Gasteiger partial charge in [0.1, 0.15) is 5.82 Å². The molecule has 2 heteroatoms. The van der Waals surface area contributed by atoms with Crippen molar-refractivity contribution in [2.24, 2.45) is 11.7 Å². The van der Waals surface area contributed by atoms with Crippen molar-refractivity contribution in [2.45, 2.75) is 19.4 Å². The Kier molecular flexibility index (Phi) is 4.11. The van der Waals surface area contributed by atoms with Gasteiger partial charge in [0.15, 0.2) is 0 Å². The number of nitrogens with two attached hydrogens (primary N) is 1. The highest BCUT2D eigenvalue weighted by Crippen LogP contribution is 2.23. The Hall–Kier alpha value is -1.67. The van der Waals surface area contributed by atoms with Crippen LogP contribution >= 0.6 is 0 Å². The predicted octanol–water partition coefficient (Wildman–Crippen LogP) is 3.70. The SMILES string of the molecule is CC(Cc1ccccc1F)C(N)c1ccccc1. The van der Waals surface area contributed by atoms with Crippen LogP contribution in [0.15, 0.2) is 54.6 Å². The molecule has 0 aromatic heterocycles.